The highest BCUT2D eigenvalue weighted by Crippen LogP contribution is 2.34. The van der Waals surface area contributed by atoms with E-state index in [1.165, 1.54) is 15.5 Å². The molecule has 1 N–H and O–H groups in total. The molecule has 2 heterocycles. The van der Waals surface area contributed by atoms with Gasteiger partial charge in [0.05, 0.1) is 38.0 Å². The summed E-state index contributed by atoms with van der Waals surface area (Å²) in [6.45, 7) is 4.38. The van der Waals surface area contributed by atoms with Crippen LogP contribution in [0.15, 0.2) is 42.5 Å². The van der Waals surface area contributed by atoms with Crippen molar-refractivity contribution in [3.63, 3.8) is 0 Å². The first kappa shape index (κ1) is 15.4. The number of hydrogen-bond donors (Lipinski definition) is 1. The van der Waals surface area contributed by atoms with Gasteiger partial charge in [0, 0.05) is 5.69 Å². The Balaban J connectivity index is 1.36. The van der Waals surface area contributed by atoms with Gasteiger partial charge in [-0.2, -0.15) is 0 Å². The number of imide groups is 1. The topological polar surface area (TPSA) is 45.1 Å². The molecule has 2 fully saturated rings. The van der Waals surface area contributed by atoms with Crippen molar-refractivity contribution in [3.8, 4) is 0 Å². The summed E-state index contributed by atoms with van der Waals surface area (Å²) in [7, 11) is 0. The predicted octanol–water partition coefficient (Wildman–Crippen LogP) is 0.300. The van der Waals surface area contributed by atoms with Gasteiger partial charge in [0.2, 0.25) is 11.8 Å². The molecule has 1 aliphatic carbocycles. The summed E-state index contributed by atoms with van der Waals surface area (Å²) in [5, 5.41) is 0. The normalized spacial score (nSPS) is 27.7. The largest absolute Gasteiger partial charge is 0.360 e. The van der Waals surface area contributed by atoms with Crippen LogP contribution in [0.3, 0.4) is 0 Å². The molecular formula is C19H24N3O2+. The maximum Gasteiger partial charge on any atom is 0.237 e. The molecule has 0 radical (unpaired) electrons. The predicted molar refractivity (Wildman–Crippen MR) is 91.4 cm³/mol. The van der Waals surface area contributed by atoms with Crippen LogP contribution >= 0.6 is 0 Å². The third kappa shape index (κ3) is 2.73. The Morgan fingerprint density at radius 1 is 0.917 bits per heavy atom. The maximum atomic E-state index is 12.6. The number of hydrogen-bond acceptors (Lipinski definition) is 3. The van der Waals surface area contributed by atoms with E-state index in [1.54, 1.807) is 0 Å². The number of nitrogens with one attached hydrogen (secondary N) is 1. The van der Waals surface area contributed by atoms with Crippen molar-refractivity contribution in [1.82, 2.24) is 4.90 Å². The molecule has 0 saturated carbocycles. The van der Waals surface area contributed by atoms with Crippen molar-refractivity contribution in [2.45, 2.75) is 12.8 Å². The molecular weight excluding hydrogens is 302 g/mol. The highest BCUT2D eigenvalue weighted by Gasteiger charge is 2.48. The summed E-state index contributed by atoms with van der Waals surface area (Å²) >= 11 is 0. The van der Waals surface area contributed by atoms with E-state index in [0.717, 1.165) is 39.0 Å². The minimum atomic E-state index is -0.104. The van der Waals surface area contributed by atoms with Gasteiger partial charge in [-0.15, -0.1) is 0 Å². The molecule has 0 aromatic heterocycles. The molecule has 2 atom stereocenters. The van der Waals surface area contributed by atoms with Gasteiger partial charge in [-0.25, -0.2) is 4.90 Å². The quantitative estimate of drug-likeness (QED) is 0.642. The smallest absolute Gasteiger partial charge is 0.237 e. The highest BCUT2D eigenvalue weighted by atomic mass is 16.2. The Morgan fingerprint density at radius 3 is 2.08 bits per heavy atom. The average Bonchev–Trinajstić information content (AvgIpc) is 2.88. The third-order valence-electron chi connectivity index (χ3n) is 5.57. The van der Waals surface area contributed by atoms with Gasteiger partial charge in [-0.05, 0) is 25.0 Å². The van der Waals surface area contributed by atoms with Gasteiger partial charge in [-0.3, -0.25) is 9.59 Å². The number of piperazine rings is 1. The van der Waals surface area contributed by atoms with E-state index in [0.29, 0.717) is 6.67 Å². The summed E-state index contributed by atoms with van der Waals surface area (Å²) in [5.41, 5.74) is 1.25. The zero-order valence-electron chi connectivity index (χ0n) is 13.9. The Labute approximate surface area is 142 Å². The third-order valence-corrected chi connectivity index (χ3v) is 5.57. The van der Waals surface area contributed by atoms with Gasteiger partial charge in [0.1, 0.15) is 0 Å². The van der Waals surface area contributed by atoms with Crippen LogP contribution in [-0.2, 0) is 9.59 Å². The zero-order valence-corrected chi connectivity index (χ0v) is 13.9. The molecule has 2 amide bonds. The average molecular weight is 326 g/mol. The van der Waals surface area contributed by atoms with Crippen molar-refractivity contribution in [1.29, 1.82) is 0 Å². The van der Waals surface area contributed by atoms with E-state index < -0.39 is 0 Å². The zero-order chi connectivity index (χ0) is 16.5. The number of fused-ring (bicyclic) bond motifs is 1. The minimum absolute atomic E-state index is 0.0485. The van der Waals surface area contributed by atoms with Crippen molar-refractivity contribution in [2.24, 2.45) is 11.8 Å². The Kier molecular flexibility index (Phi) is 4.10. The van der Waals surface area contributed by atoms with Crippen molar-refractivity contribution in [2.75, 3.05) is 37.7 Å². The Bertz CT molecular complexity index is 624. The molecule has 0 unspecified atom stereocenters. The fraction of sp³-hybridized carbons (Fsp3) is 0.474. The number of rotatable bonds is 3. The lowest BCUT2D eigenvalue weighted by Gasteiger charge is -2.34. The number of benzene rings is 1. The Hall–Kier alpha value is -2.14. The number of carbonyl (C=O) groups is 2. The number of amides is 2. The first-order chi connectivity index (χ1) is 11.7. The minimum Gasteiger partial charge on any atom is -0.360 e. The van der Waals surface area contributed by atoms with E-state index in [4.69, 9.17) is 0 Å². The second kappa shape index (κ2) is 6.40. The molecule has 5 heteroatoms. The van der Waals surface area contributed by atoms with E-state index in [1.807, 2.05) is 18.2 Å². The summed E-state index contributed by atoms with van der Waals surface area (Å²) in [5.74, 6) is -0.111. The van der Waals surface area contributed by atoms with Crippen molar-refractivity contribution in [3.05, 3.63) is 42.5 Å². The second-order valence-electron chi connectivity index (χ2n) is 6.99. The highest BCUT2D eigenvalue weighted by molar-refractivity contribution is 6.05. The van der Waals surface area contributed by atoms with E-state index in [2.05, 4.69) is 29.2 Å². The standard InChI is InChI=1S/C19H23N3O2/c23-18-16-8-4-5-9-17(16)19(24)22(18)14-20-10-12-21(13-11-20)15-6-2-1-3-7-15/h1-7,16-17H,8-14H2/p+1/t16-,17-/m1/s1. The van der Waals surface area contributed by atoms with Gasteiger partial charge in [0.25, 0.3) is 0 Å². The molecule has 4 rings (SSSR count). The van der Waals surface area contributed by atoms with Crippen LogP contribution in [-0.4, -0.2) is 49.6 Å². The van der Waals surface area contributed by atoms with Crippen LogP contribution in [0.5, 0.6) is 0 Å². The van der Waals surface area contributed by atoms with Gasteiger partial charge < -0.3 is 9.80 Å². The molecule has 0 spiro atoms. The van der Waals surface area contributed by atoms with Gasteiger partial charge in [0.15, 0.2) is 6.67 Å². The Morgan fingerprint density at radius 2 is 1.50 bits per heavy atom. The fourth-order valence-electron chi connectivity index (χ4n) is 4.13. The number of carbonyl (C=O) groups excluding carboxylic acids is 2. The lowest BCUT2D eigenvalue weighted by Crippen LogP contribution is -3.16. The van der Waals surface area contributed by atoms with Crippen molar-refractivity contribution < 1.29 is 14.5 Å². The first-order valence-electron chi connectivity index (χ1n) is 8.88. The van der Waals surface area contributed by atoms with Crippen molar-refractivity contribution >= 4 is 17.5 Å². The van der Waals surface area contributed by atoms with E-state index >= 15 is 0 Å². The number of anilines is 1. The molecule has 24 heavy (non-hydrogen) atoms. The lowest BCUT2D eigenvalue weighted by atomic mass is 9.85. The molecule has 0 bridgehead atoms. The number of nitrogens with zero attached hydrogens (tertiary/aromatic N) is 2. The van der Waals surface area contributed by atoms with E-state index in [9.17, 15) is 9.59 Å². The summed E-state index contributed by atoms with van der Waals surface area (Å²) < 4.78 is 0. The molecule has 5 nitrogen and oxygen atoms in total. The molecule has 1 aromatic carbocycles. The monoisotopic (exact) mass is 326 g/mol. The number of allylic oxidation sites excluding steroid dienone is 2. The first-order valence-corrected chi connectivity index (χ1v) is 8.88. The van der Waals surface area contributed by atoms with Gasteiger partial charge in [-0.1, -0.05) is 30.4 Å². The molecule has 2 aliphatic heterocycles. The second-order valence-corrected chi connectivity index (χ2v) is 6.99. The molecule has 126 valence electrons. The molecule has 2 saturated heterocycles. The van der Waals surface area contributed by atoms with Gasteiger partial charge >= 0.3 is 0 Å². The van der Waals surface area contributed by atoms with Crippen LogP contribution in [0.1, 0.15) is 12.8 Å². The molecule has 3 aliphatic rings. The van der Waals surface area contributed by atoms with Crippen LogP contribution in [0.25, 0.3) is 0 Å². The van der Waals surface area contributed by atoms with Crippen LogP contribution in [0.2, 0.25) is 0 Å². The number of quaternary nitrogens is 1. The summed E-state index contributed by atoms with van der Waals surface area (Å²) in [6.07, 6.45) is 5.54. The molecule has 1 aromatic rings. The number of likely N-dealkylation sites (tertiary alicyclic amines) is 1. The fourth-order valence-corrected chi connectivity index (χ4v) is 4.13. The summed E-state index contributed by atoms with van der Waals surface area (Å²) in [6, 6.07) is 10.4. The maximum absolute atomic E-state index is 12.6. The van der Waals surface area contributed by atoms with Crippen LogP contribution < -0.4 is 9.80 Å². The number of para-hydroxylation sites is 1. The van der Waals surface area contributed by atoms with Crippen LogP contribution in [0.4, 0.5) is 5.69 Å². The van der Waals surface area contributed by atoms with E-state index in [-0.39, 0.29) is 23.7 Å². The SMILES string of the molecule is O=C1[C@@H]2CC=CC[C@H]2C(=O)N1C[NH+]1CCN(c2ccccc2)CC1. The van der Waals surface area contributed by atoms with Crippen LogP contribution in [0, 0.1) is 11.8 Å². The lowest BCUT2D eigenvalue weighted by molar-refractivity contribution is -0.908. The summed E-state index contributed by atoms with van der Waals surface area (Å²) in [4.78, 5) is 30.4.